The van der Waals surface area contributed by atoms with Crippen LogP contribution in [0.1, 0.15) is 20.3 Å². The van der Waals surface area contributed by atoms with Crippen molar-refractivity contribution in [3.8, 4) is 10.8 Å². The van der Waals surface area contributed by atoms with Gasteiger partial charge < -0.3 is 9.73 Å². The van der Waals surface area contributed by atoms with Crippen molar-refractivity contribution in [3.63, 3.8) is 0 Å². The average molecular weight is 311 g/mol. The Bertz CT molecular complexity index is 538. The van der Waals surface area contributed by atoms with Crippen LogP contribution in [0.5, 0.6) is 0 Å². The number of rotatable bonds is 7. The van der Waals surface area contributed by atoms with Gasteiger partial charge in [0.25, 0.3) is 11.1 Å². The molecule has 20 heavy (non-hydrogen) atoms. The predicted molar refractivity (Wildman–Crippen MR) is 80.8 cm³/mol. The first-order valence-corrected chi connectivity index (χ1v) is 8.28. The van der Waals surface area contributed by atoms with Crippen LogP contribution in [0.2, 0.25) is 0 Å². The molecule has 0 unspecified atom stereocenters. The van der Waals surface area contributed by atoms with Crippen LogP contribution in [0.4, 0.5) is 0 Å². The van der Waals surface area contributed by atoms with Crippen LogP contribution < -0.4 is 5.32 Å². The summed E-state index contributed by atoms with van der Waals surface area (Å²) in [6.07, 6.45) is 0.986. The third-order valence-electron chi connectivity index (χ3n) is 2.51. The lowest BCUT2D eigenvalue weighted by Crippen LogP contribution is -2.26. The van der Waals surface area contributed by atoms with Crippen molar-refractivity contribution in [3.05, 3.63) is 17.5 Å². The summed E-state index contributed by atoms with van der Waals surface area (Å²) in [6, 6.07) is 3.85. The summed E-state index contributed by atoms with van der Waals surface area (Å²) < 4.78 is 5.49. The van der Waals surface area contributed by atoms with Crippen LogP contribution in [0, 0.1) is 5.92 Å². The molecule has 1 amide bonds. The molecule has 0 atom stereocenters. The molecule has 1 N–H and O–H groups in total. The molecule has 0 radical (unpaired) electrons. The Kier molecular flexibility index (Phi) is 5.60. The molecular formula is C13H17N3O2S2. The number of thiophene rings is 1. The van der Waals surface area contributed by atoms with Crippen molar-refractivity contribution in [2.24, 2.45) is 5.92 Å². The summed E-state index contributed by atoms with van der Waals surface area (Å²) in [7, 11) is 0. The van der Waals surface area contributed by atoms with Crippen molar-refractivity contribution in [1.82, 2.24) is 15.5 Å². The van der Waals surface area contributed by atoms with Gasteiger partial charge in [0.15, 0.2) is 0 Å². The molecule has 0 fully saturated rings. The Morgan fingerprint density at radius 1 is 1.50 bits per heavy atom. The number of thioether (sulfide) groups is 1. The number of nitrogens with one attached hydrogen (secondary N) is 1. The topological polar surface area (TPSA) is 68.0 Å². The standard InChI is InChI=1S/C13H17N3O2S2/c1-9(2)5-6-14-11(17)8-20-13-16-15-12(18-13)10-4-3-7-19-10/h3-4,7,9H,5-6,8H2,1-2H3,(H,14,17). The number of hydrogen-bond acceptors (Lipinski definition) is 6. The van der Waals surface area contributed by atoms with E-state index in [0.717, 1.165) is 11.3 Å². The Hall–Kier alpha value is -1.34. The Labute approximate surface area is 126 Å². The maximum Gasteiger partial charge on any atom is 0.277 e. The first kappa shape index (κ1) is 15.1. The van der Waals surface area contributed by atoms with Crippen LogP contribution in [0.3, 0.4) is 0 Å². The van der Waals surface area contributed by atoms with Gasteiger partial charge in [0.1, 0.15) is 0 Å². The van der Waals surface area contributed by atoms with Crippen LogP contribution in [-0.2, 0) is 4.79 Å². The fraction of sp³-hybridized carbons (Fsp3) is 0.462. The van der Waals surface area contributed by atoms with E-state index in [0.29, 0.717) is 29.3 Å². The average Bonchev–Trinajstić information content (AvgIpc) is 3.06. The summed E-state index contributed by atoms with van der Waals surface area (Å²) >= 11 is 2.80. The van der Waals surface area contributed by atoms with Gasteiger partial charge in [0.05, 0.1) is 10.6 Å². The van der Waals surface area contributed by atoms with Crippen molar-refractivity contribution in [2.45, 2.75) is 25.5 Å². The number of amides is 1. The first-order valence-electron chi connectivity index (χ1n) is 6.42. The lowest BCUT2D eigenvalue weighted by molar-refractivity contribution is -0.118. The number of carbonyl (C=O) groups is 1. The van der Waals surface area contributed by atoms with Crippen molar-refractivity contribution < 1.29 is 9.21 Å². The van der Waals surface area contributed by atoms with E-state index in [4.69, 9.17) is 4.42 Å². The van der Waals surface area contributed by atoms with E-state index in [1.54, 1.807) is 11.3 Å². The smallest absolute Gasteiger partial charge is 0.277 e. The molecule has 2 rings (SSSR count). The predicted octanol–water partition coefficient (Wildman–Crippen LogP) is 3.05. The Morgan fingerprint density at radius 2 is 2.35 bits per heavy atom. The van der Waals surface area contributed by atoms with Gasteiger partial charge in [-0.25, -0.2) is 0 Å². The van der Waals surface area contributed by atoms with E-state index in [1.165, 1.54) is 11.8 Å². The zero-order valence-electron chi connectivity index (χ0n) is 11.5. The number of nitrogens with zero attached hydrogens (tertiary/aromatic N) is 2. The molecule has 0 aromatic carbocycles. The molecule has 0 aliphatic rings. The van der Waals surface area contributed by atoms with Crippen LogP contribution in [0.15, 0.2) is 27.2 Å². The highest BCUT2D eigenvalue weighted by molar-refractivity contribution is 7.99. The zero-order valence-corrected chi connectivity index (χ0v) is 13.1. The summed E-state index contributed by atoms with van der Waals surface area (Å²) in [4.78, 5) is 12.5. The summed E-state index contributed by atoms with van der Waals surface area (Å²) in [6.45, 7) is 4.97. The molecule has 2 aromatic rings. The quantitative estimate of drug-likeness (QED) is 0.796. The van der Waals surface area contributed by atoms with E-state index < -0.39 is 0 Å². The van der Waals surface area contributed by atoms with Crippen molar-refractivity contribution in [1.29, 1.82) is 0 Å². The third kappa shape index (κ3) is 4.64. The van der Waals surface area contributed by atoms with Crippen LogP contribution in [-0.4, -0.2) is 28.4 Å². The Balaban J connectivity index is 1.75. The van der Waals surface area contributed by atoms with Gasteiger partial charge >= 0.3 is 0 Å². The molecule has 0 aliphatic heterocycles. The van der Waals surface area contributed by atoms with Gasteiger partial charge in [-0.3, -0.25) is 4.79 Å². The highest BCUT2D eigenvalue weighted by Gasteiger charge is 2.11. The molecule has 108 valence electrons. The molecule has 0 saturated heterocycles. The highest BCUT2D eigenvalue weighted by Crippen LogP contribution is 2.26. The van der Waals surface area contributed by atoms with Gasteiger partial charge in [-0.2, -0.15) is 0 Å². The molecule has 0 aliphatic carbocycles. The molecule has 5 nitrogen and oxygen atoms in total. The van der Waals surface area contributed by atoms with Gasteiger partial charge in [-0.1, -0.05) is 31.7 Å². The van der Waals surface area contributed by atoms with Crippen molar-refractivity contribution in [2.75, 3.05) is 12.3 Å². The lowest BCUT2D eigenvalue weighted by atomic mass is 10.1. The minimum Gasteiger partial charge on any atom is -0.410 e. The third-order valence-corrected chi connectivity index (χ3v) is 4.19. The van der Waals surface area contributed by atoms with Gasteiger partial charge in [-0.15, -0.1) is 21.5 Å². The maximum absolute atomic E-state index is 11.6. The fourth-order valence-corrected chi connectivity index (χ4v) is 2.68. The second-order valence-corrected chi connectivity index (χ2v) is 6.55. The SMILES string of the molecule is CC(C)CCNC(=O)CSc1nnc(-c2cccs2)o1. The van der Waals surface area contributed by atoms with Gasteiger partial charge in [-0.05, 0) is 23.8 Å². The molecule has 0 bridgehead atoms. The molecule has 2 aromatic heterocycles. The summed E-state index contributed by atoms with van der Waals surface area (Å²) in [5.74, 6) is 1.38. The van der Waals surface area contributed by atoms with E-state index in [9.17, 15) is 4.79 Å². The normalized spacial score (nSPS) is 10.9. The second kappa shape index (κ2) is 7.44. The second-order valence-electron chi connectivity index (χ2n) is 4.67. The van der Waals surface area contributed by atoms with E-state index >= 15 is 0 Å². The first-order chi connectivity index (χ1) is 9.65. The summed E-state index contributed by atoms with van der Waals surface area (Å²) in [5.41, 5.74) is 0. The number of hydrogen-bond donors (Lipinski definition) is 1. The summed E-state index contributed by atoms with van der Waals surface area (Å²) in [5, 5.41) is 13.1. The van der Waals surface area contributed by atoms with Gasteiger partial charge in [0, 0.05) is 6.54 Å². The largest absolute Gasteiger partial charge is 0.410 e. The highest BCUT2D eigenvalue weighted by atomic mass is 32.2. The fourth-order valence-electron chi connectivity index (χ4n) is 1.45. The molecule has 2 heterocycles. The van der Waals surface area contributed by atoms with E-state index in [2.05, 4.69) is 29.4 Å². The molecule has 0 saturated carbocycles. The Morgan fingerprint density at radius 3 is 3.05 bits per heavy atom. The maximum atomic E-state index is 11.6. The lowest BCUT2D eigenvalue weighted by Gasteiger charge is -2.05. The van der Waals surface area contributed by atoms with E-state index in [-0.39, 0.29) is 5.91 Å². The molecule has 7 heteroatoms. The minimum atomic E-state index is -0.00785. The number of carbonyl (C=O) groups excluding carboxylic acids is 1. The van der Waals surface area contributed by atoms with Gasteiger partial charge in [0.2, 0.25) is 5.91 Å². The van der Waals surface area contributed by atoms with Crippen molar-refractivity contribution >= 4 is 29.0 Å². The van der Waals surface area contributed by atoms with Crippen LogP contribution in [0.25, 0.3) is 10.8 Å². The minimum absolute atomic E-state index is 0.00785. The molecular weight excluding hydrogens is 294 g/mol. The van der Waals surface area contributed by atoms with E-state index in [1.807, 2.05) is 17.5 Å². The monoisotopic (exact) mass is 311 g/mol. The zero-order chi connectivity index (χ0) is 14.4. The van der Waals surface area contributed by atoms with Crippen LogP contribution >= 0.6 is 23.1 Å². The number of aromatic nitrogens is 2. The molecule has 0 spiro atoms.